The Morgan fingerprint density at radius 1 is 1.23 bits per heavy atom. The van der Waals surface area contributed by atoms with Crippen molar-refractivity contribution in [1.29, 1.82) is 0 Å². The molecule has 1 aliphatic heterocycles. The highest BCUT2D eigenvalue weighted by Crippen LogP contribution is 2.23. The number of aromatic nitrogens is 1. The number of hydrogen-bond acceptors (Lipinski definition) is 3. The number of nitrogens with one attached hydrogen (secondary N) is 1. The molecule has 1 saturated heterocycles. The van der Waals surface area contributed by atoms with Crippen LogP contribution in [0.4, 0.5) is 5.69 Å². The lowest BCUT2D eigenvalue weighted by molar-refractivity contribution is 0.0697. The molecule has 5 nitrogen and oxygen atoms in total. The Kier molecular flexibility index (Phi) is 5.57. The molecule has 0 aliphatic carbocycles. The van der Waals surface area contributed by atoms with Crippen LogP contribution in [0.3, 0.4) is 0 Å². The highest BCUT2D eigenvalue weighted by Gasteiger charge is 2.22. The van der Waals surface area contributed by atoms with Crippen LogP contribution in [0.5, 0.6) is 0 Å². The van der Waals surface area contributed by atoms with E-state index in [1.165, 1.54) is 6.20 Å². The summed E-state index contributed by atoms with van der Waals surface area (Å²) in [5.74, 6) is 0.239. The van der Waals surface area contributed by atoms with Crippen LogP contribution in [0.2, 0.25) is 5.02 Å². The molecule has 26 heavy (non-hydrogen) atoms. The molecule has 136 valence electrons. The summed E-state index contributed by atoms with van der Waals surface area (Å²) in [6, 6.07) is 8.53. The minimum Gasteiger partial charge on any atom is -0.339 e. The van der Waals surface area contributed by atoms with Gasteiger partial charge in [0.2, 0.25) is 0 Å². The Hall–Kier alpha value is -2.40. The first-order valence-corrected chi connectivity index (χ1v) is 9.15. The third kappa shape index (κ3) is 4.05. The molecule has 2 heterocycles. The molecular weight excluding hydrogens is 350 g/mol. The molecule has 0 radical (unpaired) electrons. The molecule has 2 amide bonds. The average Bonchev–Trinajstić information content (AvgIpc) is 2.65. The molecule has 0 spiro atoms. The number of rotatable bonds is 3. The first-order chi connectivity index (χ1) is 12.5. The number of carbonyl (C=O) groups excluding carboxylic acids is 2. The first-order valence-electron chi connectivity index (χ1n) is 8.77. The van der Waals surface area contributed by atoms with Crippen LogP contribution < -0.4 is 5.32 Å². The second-order valence-corrected chi connectivity index (χ2v) is 7.18. The molecular formula is C20H22ClN3O2. The summed E-state index contributed by atoms with van der Waals surface area (Å²) in [5.41, 5.74) is 2.12. The first kappa shape index (κ1) is 18.4. The lowest BCUT2D eigenvalue weighted by atomic mass is 9.98. The zero-order valence-corrected chi connectivity index (χ0v) is 15.7. The lowest BCUT2D eigenvalue weighted by Gasteiger charge is -2.30. The largest absolute Gasteiger partial charge is 0.339 e. The SMILES string of the molecule is Cc1c(Cl)cccc1NC(=O)c1cc(C(=O)N2CCC(C)CC2)ccn1. The molecule has 1 fully saturated rings. The molecule has 3 rings (SSSR count). The van der Waals surface area contributed by atoms with Crippen molar-refractivity contribution in [2.24, 2.45) is 5.92 Å². The second-order valence-electron chi connectivity index (χ2n) is 6.77. The third-order valence-electron chi connectivity index (χ3n) is 4.83. The number of carbonyl (C=O) groups is 2. The number of anilines is 1. The van der Waals surface area contributed by atoms with Crippen molar-refractivity contribution in [2.45, 2.75) is 26.7 Å². The molecule has 0 bridgehead atoms. The van der Waals surface area contributed by atoms with E-state index in [9.17, 15) is 9.59 Å². The number of nitrogens with zero attached hydrogens (tertiary/aromatic N) is 2. The molecule has 1 aromatic carbocycles. The van der Waals surface area contributed by atoms with Crippen LogP contribution in [-0.4, -0.2) is 34.8 Å². The molecule has 0 unspecified atom stereocenters. The Morgan fingerprint density at radius 3 is 2.69 bits per heavy atom. The van der Waals surface area contributed by atoms with Gasteiger partial charge in [-0.1, -0.05) is 24.6 Å². The van der Waals surface area contributed by atoms with E-state index in [0.29, 0.717) is 22.2 Å². The van der Waals surface area contributed by atoms with E-state index in [4.69, 9.17) is 11.6 Å². The maximum atomic E-state index is 12.7. The van der Waals surface area contributed by atoms with Gasteiger partial charge in [0.15, 0.2) is 0 Å². The van der Waals surface area contributed by atoms with Gasteiger partial charge in [0.25, 0.3) is 11.8 Å². The van der Waals surface area contributed by atoms with Crippen LogP contribution in [0.15, 0.2) is 36.5 Å². The quantitative estimate of drug-likeness (QED) is 0.880. The number of hydrogen-bond donors (Lipinski definition) is 1. The predicted octanol–water partition coefficient (Wildman–Crippen LogP) is 4.17. The van der Waals surface area contributed by atoms with Crippen LogP contribution in [0.25, 0.3) is 0 Å². The molecule has 0 atom stereocenters. The summed E-state index contributed by atoms with van der Waals surface area (Å²) in [6.07, 6.45) is 3.52. The Labute approximate surface area is 158 Å². The Bertz CT molecular complexity index is 830. The van der Waals surface area contributed by atoms with Gasteiger partial charge in [-0.3, -0.25) is 14.6 Å². The summed E-state index contributed by atoms with van der Waals surface area (Å²) in [4.78, 5) is 31.2. The minimum absolute atomic E-state index is 0.0488. The lowest BCUT2D eigenvalue weighted by Crippen LogP contribution is -2.38. The number of halogens is 1. The van der Waals surface area contributed by atoms with Crippen molar-refractivity contribution in [1.82, 2.24) is 9.88 Å². The zero-order valence-electron chi connectivity index (χ0n) is 15.0. The highest BCUT2D eigenvalue weighted by molar-refractivity contribution is 6.31. The van der Waals surface area contributed by atoms with Gasteiger partial charge in [0.05, 0.1) is 0 Å². The van der Waals surface area contributed by atoms with Gasteiger partial charge in [0, 0.05) is 35.6 Å². The van der Waals surface area contributed by atoms with Crippen molar-refractivity contribution in [2.75, 3.05) is 18.4 Å². The van der Waals surface area contributed by atoms with Gasteiger partial charge in [-0.15, -0.1) is 0 Å². The van der Waals surface area contributed by atoms with E-state index in [0.717, 1.165) is 31.5 Å². The van der Waals surface area contributed by atoms with E-state index in [1.54, 1.807) is 30.3 Å². The van der Waals surface area contributed by atoms with E-state index in [1.807, 2.05) is 11.8 Å². The van der Waals surface area contributed by atoms with E-state index in [-0.39, 0.29) is 17.5 Å². The number of piperidine rings is 1. The molecule has 0 saturated carbocycles. The number of benzene rings is 1. The molecule has 1 aliphatic rings. The standard InChI is InChI=1S/C20H22ClN3O2/c1-13-7-10-24(11-8-13)20(26)15-6-9-22-18(12-15)19(25)23-17-5-3-4-16(21)14(17)2/h3-6,9,12-13H,7-8,10-11H2,1-2H3,(H,23,25). The number of likely N-dealkylation sites (tertiary alicyclic amines) is 1. The molecule has 2 aromatic rings. The van der Waals surface area contributed by atoms with Crippen molar-refractivity contribution in [3.63, 3.8) is 0 Å². The van der Waals surface area contributed by atoms with E-state index in [2.05, 4.69) is 17.2 Å². The van der Waals surface area contributed by atoms with Crippen molar-refractivity contribution in [3.05, 3.63) is 58.4 Å². The third-order valence-corrected chi connectivity index (χ3v) is 5.24. The van der Waals surface area contributed by atoms with Gasteiger partial charge in [-0.05, 0) is 55.5 Å². The maximum absolute atomic E-state index is 12.7. The second kappa shape index (κ2) is 7.87. The van der Waals surface area contributed by atoms with Gasteiger partial charge in [0.1, 0.15) is 5.69 Å². The summed E-state index contributed by atoms with van der Waals surface area (Å²) < 4.78 is 0. The molecule has 1 aromatic heterocycles. The number of pyridine rings is 1. The van der Waals surface area contributed by atoms with Gasteiger partial charge in [-0.25, -0.2) is 0 Å². The highest BCUT2D eigenvalue weighted by atomic mass is 35.5. The summed E-state index contributed by atoms with van der Waals surface area (Å²) in [6.45, 7) is 5.55. The maximum Gasteiger partial charge on any atom is 0.274 e. The fraction of sp³-hybridized carbons (Fsp3) is 0.350. The van der Waals surface area contributed by atoms with Gasteiger partial charge >= 0.3 is 0 Å². The van der Waals surface area contributed by atoms with E-state index >= 15 is 0 Å². The fourth-order valence-electron chi connectivity index (χ4n) is 3.01. The Morgan fingerprint density at radius 2 is 1.96 bits per heavy atom. The van der Waals surface area contributed by atoms with Gasteiger partial charge in [-0.2, -0.15) is 0 Å². The normalized spacial score (nSPS) is 15.0. The van der Waals surface area contributed by atoms with Crippen molar-refractivity contribution in [3.8, 4) is 0 Å². The molecule has 6 heteroatoms. The summed E-state index contributed by atoms with van der Waals surface area (Å²) >= 11 is 6.09. The Balaban J connectivity index is 1.75. The van der Waals surface area contributed by atoms with Crippen LogP contribution in [0, 0.1) is 12.8 Å². The van der Waals surface area contributed by atoms with E-state index < -0.39 is 0 Å². The van der Waals surface area contributed by atoms with Crippen LogP contribution in [-0.2, 0) is 0 Å². The summed E-state index contributed by atoms with van der Waals surface area (Å²) in [5, 5.41) is 3.39. The average molecular weight is 372 g/mol. The van der Waals surface area contributed by atoms with Crippen molar-refractivity contribution < 1.29 is 9.59 Å². The number of amides is 2. The van der Waals surface area contributed by atoms with Crippen molar-refractivity contribution >= 4 is 29.1 Å². The summed E-state index contributed by atoms with van der Waals surface area (Å²) in [7, 11) is 0. The van der Waals surface area contributed by atoms with Crippen LogP contribution in [0.1, 0.15) is 46.2 Å². The zero-order chi connectivity index (χ0) is 18.7. The minimum atomic E-state index is -0.364. The topological polar surface area (TPSA) is 62.3 Å². The van der Waals surface area contributed by atoms with Gasteiger partial charge < -0.3 is 10.2 Å². The van der Waals surface area contributed by atoms with Crippen LogP contribution >= 0.6 is 11.6 Å². The predicted molar refractivity (Wildman–Crippen MR) is 103 cm³/mol. The smallest absolute Gasteiger partial charge is 0.274 e. The fourth-order valence-corrected chi connectivity index (χ4v) is 3.19. The molecule has 1 N–H and O–H groups in total. The monoisotopic (exact) mass is 371 g/mol.